The largest absolute Gasteiger partial charge is 0.340 e. The van der Waals surface area contributed by atoms with Crippen LogP contribution in [0.1, 0.15) is 30.6 Å². The minimum Gasteiger partial charge on any atom is -0.340 e. The molecular weight excluding hydrogens is 230 g/mol. The minimum absolute atomic E-state index is 0.314. The fourth-order valence-corrected chi connectivity index (χ4v) is 3.36. The molecule has 1 aliphatic rings. The highest BCUT2D eigenvalue weighted by Gasteiger charge is 2.24. The molecule has 2 rings (SSSR count). The summed E-state index contributed by atoms with van der Waals surface area (Å²) in [5.74, 6) is 1.36. The summed E-state index contributed by atoms with van der Waals surface area (Å²) in [5, 5.41) is 0.450. The number of rotatable bonds is 3. The molecule has 0 N–H and O–H groups in total. The van der Waals surface area contributed by atoms with E-state index in [2.05, 4.69) is 31.2 Å². The van der Waals surface area contributed by atoms with Crippen LogP contribution in [0.3, 0.4) is 0 Å². The predicted octanol–water partition coefficient (Wildman–Crippen LogP) is 3.10. The number of carbonyl (C=O) groups is 1. The number of carbonyl (C=O) groups excluding carboxylic acids is 1. The number of hydrogen-bond donors (Lipinski definition) is 0. The van der Waals surface area contributed by atoms with Gasteiger partial charge in [-0.25, -0.2) is 0 Å². The topological polar surface area (TPSA) is 20.3 Å². The van der Waals surface area contributed by atoms with Gasteiger partial charge in [-0.05, 0) is 12.0 Å². The third-order valence-electron chi connectivity index (χ3n) is 3.05. The number of amides is 1. The first-order valence-corrected chi connectivity index (χ1v) is 7.30. The zero-order valence-corrected chi connectivity index (χ0v) is 11.1. The summed E-state index contributed by atoms with van der Waals surface area (Å²) in [5.41, 5.74) is 1.34. The van der Waals surface area contributed by atoms with Crippen molar-refractivity contribution in [3.63, 3.8) is 0 Å². The van der Waals surface area contributed by atoms with E-state index in [4.69, 9.17) is 0 Å². The standard InChI is InChI=1S/C14H19NOS/c1-2-6-14(16)15-9-10-17-13(11-15)12-7-4-3-5-8-12/h3-5,7-8,13H,2,6,9-11H2,1H3. The second-order valence-electron chi connectivity index (χ2n) is 4.36. The molecular formula is C14H19NOS. The first kappa shape index (κ1) is 12.5. The van der Waals surface area contributed by atoms with Crippen LogP contribution < -0.4 is 0 Å². The Bertz CT molecular complexity index is 366. The van der Waals surface area contributed by atoms with Crippen LogP contribution >= 0.6 is 11.8 Å². The highest BCUT2D eigenvalue weighted by atomic mass is 32.2. The molecule has 17 heavy (non-hydrogen) atoms. The van der Waals surface area contributed by atoms with Gasteiger partial charge in [0.25, 0.3) is 0 Å². The van der Waals surface area contributed by atoms with Crippen LogP contribution in [0.2, 0.25) is 0 Å². The lowest BCUT2D eigenvalue weighted by molar-refractivity contribution is -0.131. The Kier molecular flexibility index (Phi) is 4.49. The average molecular weight is 249 g/mol. The lowest BCUT2D eigenvalue weighted by Gasteiger charge is -2.32. The summed E-state index contributed by atoms with van der Waals surface area (Å²) in [6.07, 6.45) is 1.63. The number of benzene rings is 1. The van der Waals surface area contributed by atoms with Gasteiger partial charge in [-0.1, -0.05) is 37.3 Å². The molecule has 1 saturated heterocycles. The Morgan fingerprint density at radius 1 is 1.41 bits per heavy atom. The van der Waals surface area contributed by atoms with Crippen molar-refractivity contribution >= 4 is 17.7 Å². The van der Waals surface area contributed by atoms with Crippen LogP contribution in [0.15, 0.2) is 30.3 Å². The molecule has 0 bridgehead atoms. The predicted molar refractivity (Wildman–Crippen MR) is 73.1 cm³/mol. The normalized spacial score (nSPS) is 20.3. The van der Waals surface area contributed by atoms with Crippen LogP contribution in [0.25, 0.3) is 0 Å². The Morgan fingerprint density at radius 3 is 2.88 bits per heavy atom. The van der Waals surface area contributed by atoms with Gasteiger partial charge in [0.15, 0.2) is 0 Å². The van der Waals surface area contributed by atoms with Crippen molar-refractivity contribution in [2.24, 2.45) is 0 Å². The summed E-state index contributed by atoms with van der Waals surface area (Å²) in [4.78, 5) is 13.9. The van der Waals surface area contributed by atoms with Crippen LogP contribution in [0.5, 0.6) is 0 Å². The van der Waals surface area contributed by atoms with Gasteiger partial charge < -0.3 is 4.90 Å². The van der Waals surface area contributed by atoms with E-state index in [-0.39, 0.29) is 0 Å². The van der Waals surface area contributed by atoms with E-state index in [1.165, 1.54) is 5.56 Å². The maximum Gasteiger partial charge on any atom is 0.222 e. The molecule has 1 aromatic rings. The van der Waals surface area contributed by atoms with Crippen molar-refractivity contribution < 1.29 is 4.79 Å². The molecule has 1 unspecified atom stereocenters. The Hall–Kier alpha value is -0.960. The lowest BCUT2D eigenvalue weighted by Crippen LogP contribution is -2.39. The van der Waals surface area contributed by atoms with Gasteiger partial charge in [0.05, 0.1) is 0 Å². The summed E-state index contributed by atoms with van der Waals surface area (Å²) in [6, 6.07) is 10.5. The first-order valence-electron chi connectivity index (χ1n) is 6.25. The van der Waals surface area contributed by atoms with Crippen molar-refractivity contribution in [2.75, 3.05) is 18.8 Å². The quantitative estimate of drug-likeness (QED) is 0.820. The van der Waals surface area contributed by atoms with Crippen molar-refractivity contribution in [1.29, 1.82) is 0 Å². The van der Waals surface area contributed by atoms with Gasteiger partial charge in [0.1, 0.15) is 0 Å². The van der Waals surface area contributed by atoms with E-state index in [0.29, 0.717) is 17.6 Å². The highest BCUT2D eigenvalue weighted by molar-refractivity contribution is 7.99. The smallest absolute Gasteiger partial charge is 0.222 e. The van der Waals surface area contributed by atoms with Crippen LogP contribution in [-0.4, -0.2) is 29.6 Å². The maximum atomic E-state index is 11.9. The fourth-order valence-electron chi connectivity index (χ4n) is 2.12. The van der Waals surface area contributed by atoms with E-state index in [9.17, 15) is 4.79 Å². The summed E-state index contributed by atoms with van der Waals surface area (Å²) in [6.45, 7) is 3.84. The van der Waals surface area contributed by atoms with Gasteiger partial charge in [0.2, 0.25) is 5.91 Å². The molecule has 0 radical (unpaired) electrons. The molecule has 1 heterocycles. The molecule has 1 aromatic carbocycles. The highest BCUT2D eigenvalue weighted by Crippen LogP contribution is 2.33. The SMILES string of the molecule is CCCC(=O)N1CCSC(c2ccccc2)C1. The van der Waals surface area contributed by atoms with Crippen molar-refractivity contribution in [1.82, 2.24) is 4.90 Å². The molecule has 1 amide bonds. The maximum absolute atomic E-state index is 11.9. The van der Waals surface area contributed by atoms with Gasteiger partial charge in [0, 0.05) is 30.5 Å². The molecule has 1 fully saturated rings. The van der Waals surface area contributed by atoms with E-state index in [0.717, 1.165) is 25.3 Å². The molecule has 92 valence electrons. The number of hydrogen-bond acceptors (Lipinski definition) is 2. The average Bonchev–Trinajstić information content (AvgIpc) is 2.40. The summed E-state index contributed by atoms with van der Waals surface area (Å²) < 4.78 is 0. The van der Waals surface area contributed by atoms with Gasteiger partial charge in [-0.2, -0.15) is 11.8 Å². The molecule has 2 nitrogen and oxygen atoms in total. The van der Waals surface area contributed by atoms with Crippen molar-refractivity contribution in [2.45, 2.75) is 25.0 Å². The van der Waals surface area contributed by atoms with Gasteiger partial charge in [-0.15, -0.1) is 0 Å². The Morgan fingerprint density at radius 2 is 2.18 bits per heavy atom. The van der Waals surface area contributed by atoms with Crippen molar-refractivity contribution in [3.8, 4) is 0 Å². The molecule has 1 atom stereocenters. The van der Waals surface area contributed by atoms with Gasteiger partial charge in [-0.3, -0.25) is 4.79 Å². The molecule has 0 aromatic heterocycles. The Balaban J connectivity index is 2.00. The van der Waals surface area contributed by atoms with E-state index in [1.54, 1.807) is 0 Å². The van der Waals surface area contributed by atoms with Crippen molar-refractivity contribution in [3.05, 3.63) is 35.9 Å². The Labute approximate surface area is 107 Å². The lowest BCUT2D eigenvalue weighted by atomic mass is 10.1. The molecule has 0 saturated carbocycles. The van der Waals surface area contributed by atoms with Crippen LogP contribution in [0.4, 0.5) is 0 Å². The number of thioether (sulfide) groups is 1. The van der Waals surface area contributed by atoms with Crippen LogP contribution in [0, 0.1) is 0 Å². The zero-order valence-electron chi connectivity index (χ0n) is 10.3. The molecule has 3 heteroatoms. The second kappa shape index (κ2) is 6.10. The van der Waals surface area contributed by atoms with Crippen LogP contribution in [-0.2, 0) is 4.79 Å². The second-order valence-corrected chi connectivity index (χ2v) is 5.67. The molecule has 1 aliphatic heterocycles. The fraction of sp³-hybridized carbons (Fsp3) is 0.500. The molecule has 0 spiro atoms. The molecule has 0 aliphatic carbocycles. The minimum atomic E-state index is 0.314. The van der Waals surface area contributed by atoms with E-state index in [1.807, 2.05) is 22.7 Å². The third kappa shape index (κ3) is 3.25. The van der Waals surface area contributed by atoms with E-state index >= 15 is 0 Å². The first-order chi connectivity index (χ1) is 8.31. The third-order valence-corrected chi connectivity index (χ3v) is 4.30. The monoisotopic (exact) mass is 249 g/mol. The zero-order chi connectivity index (χ0) is 12.1. The van der Waals surface area contributed by atoms with E-state index < -0.39 is 0 Å². The number of nitrogens with zero attached hydrogens (tertiary/aromatic N) is 1. The van der Waals surface area contributed by atoms with Gasteiger partial charge >= 0.3 is 0 Å². The summed E-state index contributed by atoms with van der Waals surface area (Å²) >= 11 is 1.96. The summed E-state index contributed by atoms with van der Waals surface area (Å²) in [7, 11) is 0.